The normalized spacial score (nSPS) is 13.5. The van der Waals surface area contributed by atoms with Crippen LogP contribution in [0.5, 0.6) is 0 Å². The van der Waals surface area contributed by atoms with E-state index in [9.17, 15) is 9.59 Å². The van der Waals surface area contributed by atoms with Gasteiger partial charge < -0.3 is 14.6 Å². The number of rotatable bonds is 2. The van der Waals surface area contributed by atoms with E-state index in [1.54, 1.807) is 11.0 Å². The number of nitrogens with zero attached hydrogens (tertiary/aromatic N) is 3. The van der Waals surface area contributed by atoms with Crippen LogP contribution >= 0.6 is 0 Å². The zero-order valence-electron chi connectivity index (χ0n) is 15.8. The van der Waals surface area contributed by atoms with Crippen molar-refractivity contribution in [3.8, 4) is 0 Å². The van der Waals surface area contributed by atoms with Crippen molar-refractivity contribution >= 4 is 33.8 Å². The Balaban J connectivity index is 1.48. The number of hydrogen-bond acceptors (Lipinski definition) is 5. The number of H-pyrrole nitrogens is 1. The highest BCUT2D eigenvalue weighted by atomic mass is 16.5. The molecule has 0 aliphatic carbocycles. The number of carbonyl (C=O) groups is 2. The Labute approximate surface area is 166 Å². The van der Waals surface area contributed by atoms with E-state index >= 15 is 0 Å². The summed E-state index contributed by atoms with van der Waals surface area (Å²) in [6, 6.07) is 12.9. The maximum atomic E-state index is 13.1. The number of carbonyl (C=O) groups excluding carboxylic acids is 2. The monoisotopic (exact) mass is 386 g/mol. The van der Waals surface area contributed by atoms with Gasteiger partial charge in [-0.3, -0.25) is 9.78 Å². The van der Waals surface area contributed by atoms with E-state index in [-0.39, 0.29) is 11.9 Å². The van der Waals surface area contributed by atoms with Gasteiger partial charge in [0.15, 0.2) is 0 Å². The van der Waals surface area contributed by atoms with E-state index < -0.39 is 0 Å². The molecule has 4 aromatic rings. The lowest BCUT2D eigenvalue weighted by Crippen LogP contribution is -2.36. The van der Waals surface area contributed by atoms with Crippen molar-refractivity contribution in [3.05, 3.63) is 71.2 Å². The van der Waals surface area contributed by atoms with E-state index in [0.29, 0.717) is 36.3 Å². The molecule has 1 N–H and O–H groups in total. The van der Waals surface area contributed by atoms with E-state index in [1.165, 1.54) is 13.3 Å². The molecule has 2 aromatic carbocycles. The first-order chi connectivity index (χ1) is 14.1. The molecule has 0 unspecified atom stereocenters. The summed E-state index contributed by atoms with van der Waals surface area (Å²) in [5, 5.41) is 0.935. The average molecular weight is 386 g/mol. The summed E-state index contributed by atoms with van der Waals surface area (Å²) in [5.74, 6) is -0.524. The first kappa shape index (κ1) is 17.4. The third-order valence-electron chi connectivity index (χ3n) is 5.35. The summed E-state index contributed by atoms with van der Waals surface area (Å²) in [6.07, 6.45) is 2.25. The van der Waals surface area contributed by atoms with Crippen LogP contribution in [0.3, 0.4) is 0 Å². The zero-order valence-corrected chi connectivity index (χ0v) is 15.8. The minimum Gasteiger partial charge on any atom is -0.465 e. The number of nitrogens with one attached hydrogen (secondary N) is 1. The maximum absolute atomic E-state index is 13.1. The van der Waals surface area contributed by atoms with Crippen LogP contribution in [0.25, 0.3) is 21.9 Å². The van der Waals surface area contributed by atoms with Crippen LogP contribution in [0.1, 0.15) is 32.1 Å². The number of aromatic nitrogens is 3. The number of benzene rings is 2. The molecule has 0 saturated heterocycles. The van der Waals surface area contributed by atoms with Gasteiger partial charge in [-0.05, 0) is 30.3 Å². The molecule has 7 heteroatoms. The van der Waals surface area contributed by atoms with Crippen molar-refractivity contribution in [2.24, 2.45) is 0 Å². The number of fused-ring (bicyclic) bond motifs is 4. The van der Waals surface area contributed by atoms with E-state index in [4.69, 9.17) is 4.74 Å². The first-order valence-electron chi connectivity index (χ1n) is 9.37. The molecule has 29 heavy (non-hydrogen) atoms. The highest BCUT2D eigenvalue weighted by molar-refractivity contribution is 5.97. The van der Waals surface area contributed by atoms with Crippen molar-refractivity contribution in [3.63, 3.8) is 0 Å². The van der Waals surface area contributed by atoms with Crippen molar-refractivity contribution in [1.82, 2.24) is 19.9 Å². The second-order valence-corrected chi connectivity index (χ2v) is 7.05. The van der Waals surface area contributed by atoms with Crippen molar-refractivity contribution in [2.45, 2.75) is 13.0 Å². The van der Waals surface area contributed by atoms with Gasteiger partial charge in [0.1, 0.15) is 5.69 Å². The maximum Gasteiger partial charge on any atom is 0.337 e. The van der Waals surface area contributed by atoms with Gasteiger partial charge in [0.2, 0.25) is 0 Å². The Kier molecular flexibility index (Phi) is 4.01. The van der Waals surface area contributed by atoms with Gasteiger partial charge >= 0.3 is 5.97 Å². The fraction of sp³-hybridized carbons (Fsp3) is 0.182. The summed E-state index contributed by atoms with van der Waals surface area (Å²) in [6.45, 7) is 1.05. The summed E-state index contributed by atoms with van der Waals surface area (Å²) in [7, 11) is 1.37. The molecule has 3 heterocycles. The average Bonchev–Trinajstić information content (AvgIpc) is 3.14. The summed E-state index contributed by atoms with van der Waals surface area (Å²) >= 11 is 0. The minimum atomic E-state index is -0.378. The smallest absolute Gasteiger partial charge is 0.337 e. The predicted molar refractivity (Wildman–Crippen MR) is 108 cm³/mol. The van der Waals surface area contributed by atoms with Crippen LogP contribution in [0.15, 0.2) is 48.7 Å². The number of hydrogen-bond donors (Lipinski definition) is 1. The second kappa shape index (κ2) is 6.70. The molecule has 0 saturated carbocycles. The molecular weight excluding hydrogens is 368 g/mol. The summed E-state index contributed by atoms with van der Waals surface area (Å²) < 4.78 is 4.83. The van der Waals surface area contributed by atoms with Crippen LogP contribution in [0.2, 0.25) is 0 Å². The molecule has 1 aliphatic rings. The molecule has 7 nitrogen and oxygen atoms in total. The topological polar surface area (TPSA) is 88.2 Å². The number of amides is 1. The fourth-order valence-electron chi connectivity index (χ4n) is 3.85. The summed E-state index contributed by atoms with van der Waals surface area (Å²) in [5.41, 5.74) is 5.35. The molecule has 0 fully saturated rings. The standard InChI is InChI=1S/C22H18N4O3/c1-29-22(28)13-6-7-16-14(10-13)15-12-26(9-8-17(15)24-16)21(27)20-11-23-18-4-2-3-5-19(18)25-20/h2-7,10-11,24H,8-9,12H2,1H3. The number of para-hydroxylation sites is 2. The molecule has 0 bridgehead atoms. The van der Waals surface area contributed by atoms with Gasteiger partial charge in [-0.1, -0.05) is 12.1 Å². The predicted octanol–water partition coefficient (Wildman–Crippen LogP) is 3.10. The highest BCUT2D eigenvalue weighted by Gasteiger charge is 2.26. The number of methoxy groups -OCH3 is 1. The van der Waals surface area contributed by atoms with Crippen molar-refractivity contribution in [2.75, 3.05) is 13.7 Å². The van der Waals surface area contributed by atoms with Gasteiger partial charge in [-0.25, -0.2) is 9.78 Å². The van der Waals surface area contributed by atoms with Gasteiger partial charge in [0.25, 0.3) is 5.91 Å². The third-order valence-corrected chi connectivity index (χ3v) is 5.35. The molecule has 0 spiro atoms. The zero-order chi connectivity index (χ0) is 20.0. The van der Waals surface area contributed by atoms with Gasteiger partial charge in [-0.2, -0.15) is 0 Å². The Morgan fingerprint density at radius 2 is 1.97 bits per heavy atom. The van der Waals surface area contributed by atoms with Gasteiger partial charge in [0, 0.05) is 41.7 Å². The van der Waals surface area contributed by atoms with Gasteiger partial charge in [0.05, 0.1) is 29.9 Å². The van der Waals surface area contributed by atoms with Crippen LogP contribution in [-0.2, 0) is 17.7 Å². The second-order valence-electron chi connectivity index (χ2n) is 7.05. The van der Waals surface area contributed by atoms with E-state index in [1.807, 2.05) is 36.4 Å². The Morgan fingerprint density at radius 1 is 1.14 bits per heavy atom. The first-order valence-corrected chi connectivity index (χ1v) is 9.37. The van der Waals surface area contributed by atoms with Gasteiger partial charge in [-0.15, -0.1) is 0 Å². The quantitative estimate of drug-likeness (QED) is 0.535. The van der Waals surface area contributed by atoms with Crippen LogP contribution < -0.4 is 0 Å². The minimum absolute atomic E-state index is 0.146. The largest absolute Gasteiger partial charge is 0.465 e. The molecule has 0 atom stereocenters. The Morgan fingerprint density at radius 3 is 2.79 bits per heavy atom. The molecule has 0 radical (unpaired) electrons. The van der Waals surface area contributed by atoms with Crippen LogP contribution in [0, 0.1) is 0 Å². The fourth-order valence-corrected chi connectivity index (χ4v) is 3.85. The lowest BCUT2D eigenvalue weighted by Gasteiger charge is -2.27. The Bertz CT molecular complexity index is 1280. The molecule has 144 valence electrons. The van der Waals surface area contributed by atoms with Crippen molar-refractivity contribution < 1.29 is 14.3 Å². The lowest BCUT2D eigenvalue weighted by molar-refractivity contribution is 0.0600. The molecule has 5 rings (SSSR count). The number of aromatic amines is 1. The molecule has 2 aromatic heterocycles. The molecule has 1 aliphatic heterocycles. The van der Waals surface area contributed by atoms with Crippen LogP contribution in [-0.4, -0.2) is 45.4 Å². The van der Waals surface area contributed by atoms with E-state index in [0.717, 1.165) is 27.7 Å². The lowest BCUT2D eigenvalue weighted by atomic mass is 10.0. The Hall–Kier alpha value is -3.74. The SMILES string of the molecule is COC(=O)c1ccc2[nH]c3c(c2c1)CN(C(=O)c1cnc2ccccc2n1)CC3. The third kappa shape index (κ3) is 2.91. The number of esters is 1. The number of ether oxygens (including phenoxy) is 1. The van der Waals surface area contributed by atoms with E-state index in [2.05, 4.69) is 15.0 Å². The summed E-state index contributed by atoms with van der Waals surface area (Å²) in [4.78, 5) is 39.0. The van der Waals surface area contributed by atoms with Crippen LogP contribution in [0.4, 0.5) is 0 Å². The van der Waals surface area contributed by atoms with Crippen molar-refractivity contribution in [1.29, 1.82) is 0 Å². The molecular formula is C22H18N4O3. The highest BCUT2D eigenvalue weighted by Crippen LogP contribution is 2.29. The molecule has 1 amide bonds.